The van der Waals surface area contributed by atoms with Crippen molar-refractivity contribution >= 4 is 17.4 Å². The predicted octanol–water partition coefficient (Wildman–Crippen LogP) is 4.75. The highest BCUT2D eigenvalue weighted by Crippen LogP contribution is 2.36. The van der Waals surface area contributed by atoms with E-state index in [1.807, 2.05) is 39.8 Å². The molecular weight excluding hydrogens is 384 g/mol. The van der Waals surface area contributed by atoms with Gasteiger partial charge in [-0.2, -0.15) is 0 Å². The van der Waals surface area contributed by atoms with Crippen molar-refractivity contribution in [2.45, 2.75) is 53.0 Å². The van der Waals surface area contributed by atoms with E-state index in [2.05, 4.69) is 41.3 Å². The van der Waals surface area contributed by atoms with Crippen LogP contribution in [0.3, 0.4) is 0 Å². The molecule has 2 aromatic rings. The molecule has 4 rings (SSSR count). The summed E-state index contributed by atoms with van der Waals surface area (Å²) < 4.78 is 0. The van der Waals surface area contributed by atoms with E-state index in [4.69, 9.17) is 0 Å². The van der Waals surface area contributed by atoms with Crippen molar-refractivity contribution in [1.82, 2.24) is 9.80 Å². The van der Waals surface area contributed by atoms with Crippen molar-refractivity contribution in [3.05, 3.63) is 76.5 Å². The van der Waals surface area contributed by atoms with Crippen LogP contribution in [0.4, 0.5) is 0 Å². The number of aryl methyl sites for hydroxylation is 2. The maximum atomic E-state index is 13.4. The molecule has 0 bridgehead atoms. The molecule has 0 radical (unpaired) electrons. The summed E-state index contributed by atoms with van der Waals surface area (Å²) in [4.78, 5) is 30.4. The SMILES string of the molecule is Cc1ccc(C2=C(N3CCC(Cc4ccccc4)CC3)C(=O)N(C(C)C)C2=O)c(C)c1. The van der Waals surface area contributed by atoms with Gasteiger partial charge in [-0.1, -0.05) is 54.1 Å². The Labute approximate surface area is 185 Å². The number of carbonyl (C=O) groups excluding carboxylic acids is 2. The van der Waals surface area contributed by atoms with Gasteiger partial charge in [-0.05, 0) is 69.6 Å². The maximum absolute atomic E-state index is 13.4. The van der Waals surface area contributed by atoms with Crippen LogP contribution in [0.1, 0.15) is 48.9 Å². The normalized spacial score (nSPS) is 18.0. The van der Waals surface area contributed by atoms with Gasteiger partial charge in [0.05, 0.1) is 5.57 Å². The van der Waals surface area contributed by atoms with Crippen molar-refractivity contribution in [1.29, 1.82) is 0 Å². The van der Waals surface area contributed by atoms with Crippen LogP contribution in [0, 0.1) is 19.8 Å². The number of likely N-dealkylation sites (tertiary alicyclic amines) is 1. The topological polar surface area (TPSA) is 40.6 Å². The van der Waals surface area contributed by atoms with Gasteiger partial charge >= 0.3 is 0 Å². The number of amides is 2. The highest BCUT2D eigenvalue weighted by molar-refractivity contribution is 6.35. The Balaban J connectivity index is 1.62. The van der Waals surface area contributed by atoms with Gasteiger partial charge in [0.25, 0.3) is 11.8 Å². The highest BCUT2D eigenvalue weighted by atomic mass is 16.2. The number of carbonyl (C=O) groups is 2. The molecule has 2 aliphatic rings. The fourth-order valence-electron chi connectivity index (χ4n) is 4.94. The summed E-state index contributed by atoms with van der Waals surface area (Å²) in [6.45, 7) is 9.51. The molecule has 0 saturated carbocycles. The van der Waals surface area contributed by atoms with E-state index in [-0.39, 0.29) is 17.9 Å². The Morgan fingerprint density at radius 2 is 1.61 bits per heavy atom. The molecule has 2 aromatic carbocycles. The smallest absolute Gasteiger partial charge is 0.278 e. The number of nitrogens with zero attached hydrogens (tertiary/aromatic N) is 2. The lowest BCUT2D eigenvalue weighted by Crippen LogP contribution is -2.41. The zero-order valence-electron chi connectivity index (χ0n) is 19.0. The van der Waals surface area contributed by atoms with E-state index in [0.717, 1.165) is 49.0 Å². The number of hydrogen-bond donors (Lipinski definition) is 0. The molecule has 4 heteroatoms. The van der Waals surface area contributed by atoms with Crippen LogP contribution in [0.25, 0.3) is 5.57 Å². The summed E-state index contributed by atoms with van der Waals surface area (Å²) in [5.74, 6) is 0.307. The summed E-state index contributed by atoms with van der Waals surface area (Å²) >= 11 is 0. The highest BCUT2D eigenvalue weighted by Gasteiger charge is 2.43. The molecule has 4 nitrogen and oxygen atoms in total. The van der Waals surface area contributed by atoms with Crippen LogP contribution in [-0.4, -0.2) is 40.7 Å². The fourth-order valence-corrected chi connectivity index (χ4v) is 4.94. The molecule has 0 aromatic heterocycles. The van der Waals surface area contributed by atoms with Crippen LogP contribution >= 0.6 is 0 Å². The first kappa shape index (κ1) is 21.4. The van der Waals surface area contributed by atoms with Gasteiger partial charge < -0.3 is 4.90 Å². The third-order valence-corrected chi connectivity index (χ3v) is 6.56. The fraction of sp³-hybridized carbons (Fsp3) is 0.407. The molecule has 0 spiro atoms. The monoisotopic (exact) mass is 416 g/mol. The van der Waals surface area contributed by atoms with E-state index in [1.54, 1.807) is 0 Å². The third kappa shape index (κ3) is 4.16. The number of imide groups is 1. The van der Waals surface area contributed by atoms with E-state index in [1.165, 1.54) is 10.5 Å². The minimum atomic E-state index is -0.159. The van der Waals surface area contributed by atoms with Crippen molar-refractivity contribution in [3.63, 3.8) is 0 Å². The average molecular weight is 417 g/mol. The lowest BCUT2D eigenvalue weighted by atomic mass is 9.89. The summed E-state index contributed by atoms with van der Waals surface area (Å²) in [7, 11) is 0. The second-order valence-corrected chi connectivity index (χ2v) is 9.24. The summed E-state index contributed by atoms with van der Waals surface area (Å²) in [6, 6.07) is 16.6. The lowest BCUT2D eigenvalue weighted by Gasteiger charge is -2.34. The molecule has 2 aliphatic heterocycles. The molecule has 1 saturated heterocycles. The zero-order chi connectivity index (χ0) is 22.1. The van der Waals surface area contributed by atoms with Gasteiger partial charge in [-0.15, -0.1) is 0 Å². The van der Waals surface area contributed by atoms with Gasteiger partial charge in [0.2, 0.25) is 0 Å². The largest absolute Gasteiger partial charge is 0.366 e. The second kappa shape index (κ2) is 8.70. The van der Waals surface area contributed by atoms with Crippen molar-refractivity contribution in [2.75, 3.05) is 13.1 Å². The lowest BCUT2D eigenvalue weighted by molar-refractivity contribution is -0.139. The Bertz CT molecular complexity index is 1010. The Kier molecular flexibility index (Phi) is 5.99. The number of rotatable bonds is 5. The average Bonchev–Trinajstić information content (AvgIpc) is 2.99. The van der Waals surface area contributed by atoms with Gasteiger partial charge in [-0.3, -0.25) is 14.5 Å². The van der Waals surface area contributed by atoms with Crippen LogP contribution < -0.4 is 0 Å². The molecule has 162 valence electrons. The molecule has 0 atom stereocenters. The summed E-state index contributed by atoms with van der Waals surface area (Å²) in [5, 5.41) is 0. The molecule has 2 amide bonds. The van der Waals surface area contributed by atoms with E-state index in [0.29, 0.717) is 17.2 Å². The molecule has 1 fully saturated rings. The molecule has 0 N–H and O–H groups in total. The third-order valence-electron chi connectivity index (χ3n) is 6.56. The van der Waals surface area contributed by atoms with Crippen molar-refractivity contribution in [3.8, 4) is 0 Å². The first-order chi connectivity index (χ1) is 14.9. The minimum absolute atomic E-state index is 0.142. The van der Waals surface area contributed by atoms with Gasteiger partial charge in [0.15, 0.2) is 0 Å². The van der Waals surface area contributed by atoms with Crippen molar-refractivity contribution < 1.29 is 9.59 Å². The zero-order valence-corrected chi connectivity index (χ0v) is 19.0. The number of hydrogen-bond acceptors (Lipinski definition) is 3. The minimum Gasteiger partial charge on any atom is -0.366 e. The van der Waals surface area contributed by atoms with E-state index in [9.17, 15) is 9.59 Å². The van der Waals surface area contributed by atoms with Gasteiger partial charge in [-0.25, -0.2) is 0 Å². The molecule has 31 heavy (non-hydrogen) atoms. The summed E-state index contributed by atoms with van der Waals surface area (Å²) in [5.41, 5.74) is 5.63. The Morgan fingerprint density at radius 3 is 2.23 bits per heavy atom. The summed E-state index contributed by atoms with van der Waals surface area (Å²) in [6.07, 6.45) is 3.13. The molecule has 0 unspecified atom stereocenters. The number of piperidine rings is 1. The molecule has 0 aliphatic carbocycles. The van der Waals surface area contributed by atoms with Crippen LogP contribution in [0.5, 0.6) is 0 Å². The molecular formula is C27H32N2O2. The van der Waals surface area contributed by atoms with Crippen LogP contribution in [-0.2, 0) is 16.0 Å². The number of benzene rings is 2. The molecule has 2 heterocycles. The van der Waals surface area contributed by atoms with Gasteiger partial charge in [0, 0.05) is 19.1 Å². The van der Waals surface area contributed by atoms with Crippen LogP contribution in [0.2, 0.25) is 0 Å². The van der Waals surface area contributed by atoms with Crippen molar-refractivity contribution in [2.24, 2.45) is 5.92 Å². The standard InChI is InChI=1S/C27H32N2O2/c1-18(2)29-26(30)24(23-11-10-19(3)16-20(23)4)25(27(29)31)28-14-12-22(13-15-28)17-21-8-6-5-7-9-21/h5-11,16,18,22H,12-15,17H2,1-4H3. The second-order valence-electron chi connectivity index (χ2n) is 9.24. The first-order valence-electron chi connectivity index (χ1n) is 11.4. The predicted molar refractivity (Wildman–Crippen MR) is 124 cm³/mol. The van der Waals surface area contributed by atoms with Crippen LogP contribution in [0.15, 0.2) is 54.2 Å². The van der Waals surface area contributed by atoms with E-state index >= 15 is 0 Å². The maximum Gasteiger partial charge on any atom is 0.278 e. The Morgan fingerprint density at radius 1 is 0.935 bits per heavy atom. The Hall–Kier alpha value is -2.88. The van der Waals surface area contributed by atoms with E-state index < -0.39 is 0 Å². The quantitative estimate of drug-likeness (QED) is 0.661. The first-order valence-corrected chi connectivity index (χ1v) is 11.4. The van der Waals surface area contributed by atoms with Gasteiger partial charge in [0.1, 0.15) is 5.70 Å².